The topological polar surface area (TPSA) is 95.7 Å². The number of nitro benzene ring substituents is 1. The lowest BCUT2D eigenvalue weighted by Gasteiger charge is -2.27. The largest absolute Gasteiger partial charge is 0.462 e. The van der Waals surface area contributed by atoms with Crippen LogP contribution in [0.3, 0.4) is 0 Å². The van der Waals surface area contributed by atoms with Crippen molar-refractivity contribution in [2.45, 2.75) is 90.1 Å². The third-order valence-corrected chi connectivity index (χ3v) is 5.56. The lowest BCUT2D eigenvalue weighted by molar-refractivity contribution is -0.384. The van der Waals surface area contributed by atoms with E-state index < -0.39 is 4.92 Å². The van der Waals surface area contributed by atoms with Crippen molar-refractivity contribution in [1.29, 1.82) is 0 Å². The van der Waals surface area contributed by atoms with E-state index in [2.05, 4.69) is 6.92 Å². The number of hydrogen-bond acceptors (Lipinski definition) is 6. The Balaban J connectivity index is 1.61. The predicted molar refractivity (Wildman–Crippen MR) is 113 cm³/mol. The fourth-order valence-electron chi connectivity index (χ4n) is 3.72. The minimum Gasteiger partial charge on any atom is -0.462 e. The molecule has 2 rings (SSSR count). The average Bonchev–Trinajstić information content (AvgIpc) is 2.74. The third-order valence-electron chi connectivity index (χ3n) is 5.56. The van der Waals surface area contributed by atoms with Gasteiger partial charge in [0.2, 0.25) is 0 Å². The molecule has 1 aromatic carbocycles. The van der Waals surface area contributed by atoms with E-state index in [4.69, 9.17) is 9.47 Å². The molecule has 30 heavy (non-hydrogen) atoms. The van der Waals surface area contributed by atoms with Crippen LogP contribution in [0.25, 0.3) is 0 Å². The molecule has 1 aliphatic rings. The fraction of sp³-hybridized carbons (Fsp3) is 0.652. The zero-order valence-corrected chi connectivity index (χ0v) is 17.8. The van der Waals surface area contributed by atoms with Crippen LogP contribution in [-0.4, -0.2) is 23.0 Å². The Kier molecular flexibility index (Phi) is 10.3. The fourth-order valence-corrected chi connectivity index (χ4v) is 3.72. The molecule has 0 aliphatic heterocycles. The first kappa shape index (κ1) is 23.8. The summed E-state index contributed by atoms with van der Waals surface area (Å²) < 4.78 is 10.9. The maximum absolute atomic E-state index is 12.3. The molecule has 0 saturated heterocycles. The van der Waals surface area contributed by atoms with Gasteiger partial charge in [0, 0.05) is 18.6 Å². The van der Waals surface area contributed by atoms with Gasteiger partial charge in [-0.25, -0.2) is 0 Å². The maximum atomic E-state index is 12.3. The molecule has 7 heteroatoms. The number of non-ortho nitro benzene ring substituents is 1. The van der Waals surface area contributed by atoms with Crippen molar-refractivity contribution >= 4 is 17.6 Å². The van der Waals surface area contributed by atoms with Gasteiger partial charge < -0.3 is 9.47 Å². The molecule has 0 aromatic heterocycles. The molecule has 0 unspecified atom stereocenters. The zero-order valence-electron chi connectivity index (χ0n) is 17.8. The first-order valence-electron chi connectivity index (χ1n) is 11.1. The highest BCUT2D eigenvalue weighted by molar-refractivity contribution is 5.75. The molecule has 7 nitrogen and oxygen atoms in total. The summed E-state index contributed by atoms with van der Waals surface area (Å²) in [7, 11) is 0. The summed E-state index contributed by atoms with van der Waals surface area (Å²) in [6, 6.07) is 5.47. The number of nitrogens with zero attached hydrogens (tertiary/aromatic N) is 1. The second-order valence-corrected chi connectivity index (χ2v) is 8.01. The Labute approximate surface area is 178 Å². The molecule has 0 radical (unpaired) electrons. The van der Waals surface area contributed by atoms with Crippen molar-refractivity contribution in [3.63, 3.8) is 0 Å². The number of carbonyl (C=O) groups is 2. The monoisotopic (exact) mass is 419 g/mol. The molecule has 0 heterocycles. The molecule has 0 bridgehead atoms. The molecule has 0 amide bonds. The van der Waals surface area contributed by atoms with Crippen LogP contribution in [0.15, 0.2) is 24.3 Å². The van der Waals surface area contributed by atoms with E-state index in [-0.39, 0.29) is 29.6 Å². The van der Waals surface area contributed by atoms with E-state index in [1.807, 2.05) is 0 Å². The van der Waals surface area contributed by atoms with Crippen LogP contribution in [0.2, 0.25) is 0 Å². The van der Waals surface area contributed by atoms with Crippen molar-refractivity contribution in [2.75, 3.05) is 0 Å². The number of hydrogen-bond donors (Lipinski definition) is 0. The van der Waals surface area contributed by atoms with Crippen molar-refractivity contribution in [2.24, 2.45) is 5.92 Å². The maximum Gasteiger partial charge on any atom is 0.314 e. The Hall–Kier alpha value is -2.44. The van der Waals surface area contributed by atoms with Gasteiger partial charge in [-0.2, -0.15) is 0 Å². The highest BCUT2D eigenvalue weighted by atomic mass is 16.6. The Morgan fingerprint density at radius 1 is 0.967 bits per heavy atom. The summed E-state index contributed by atoms with van der Waals surface area (Å²) in [5, 5.41) is 10.7. The second-order valence-electron chi connectivity index (χ2n) is 8.01. The highest BCUT2D eigenvalue weighted by Crippen LogP contribution is 2.28. The van der Waals surface area contributed by atoms with Gasteiger partial charge in [0.15, 0.2) is 0 Å². The molecule has 1 aromatic rings. The van der Waals surface area contributed by atoms with E-state index >= 15 is 0 Å². The number of benzene rings is 1. The Morgan fingerprint density at radius 2 is 1.57 bits per heavy atom. The van der Waals surface area contributed by atoms with E-state index in [0.29, 0.717) is 37.9 Å². The standard InChI is InChI=1S/C23H33NO6/c1-2-3-4-5-6-7-8-9-22(25)29-20-14-10-18(11-15-20)23(26)30-21-16-12-19(13-17-21)24(27)28/h12-13,16-18,20H,2-11,14-15H2,1H3. The second kappa shape index (κ2) is 13.0. The number of nitro groups is 1. The summed E-state index contributed by atoms with van der Waals surface area (Å²) in [6.07, 6.45) is 11.0. The van der Waals surface area contributed by atoms with E-state index in [1.54, 1.807) is 0 Å². The van der Waals surface area contributed by atoms with E-state index in [1.165, 1.54) is 56.4 Å². The first-order valence-corrected chi connectivity index (χ1v) is 11.1. The SMILES string of the molecule is CCCCCCCCCC(=O)OC1CCC(C(=O)Oc2ccc([N+](=O)[O-])cc2)CC1. The van der Waals surface area contributed by atoms with Gasteiger partial charge >= 0.3 is 11.9 Å². The van der Waals surface area contributed by atoms with Crippen LogP contribution >= 0.6 is 0 Å². The minimum atomic E-state index is -0.498. The molecule has 166 valence electrons. The summed E-state index contributed by atoms with van der Waals surface area (Å²) >= 11 is 0. The van der Waals surface area contributed by atoms with Crippen LogP contribution in [0.4, 0.5) is 5.69 Å². The third kappa shape index (κ3) is 8.51. The van der Waals surface area contributed by atoms with Crippen molar-refractivity contribution in [3.8, 4) is 5.75 Å². The first-order chi connectivity index (χ1) is 14.5. The molecule has 0 N–H and O–H groups in total. The highest BCUT2D eigenvalue weighted by Gasteiger charge is 2.29. The number of rotatable bonds is 12. The van der Waals surface area contributed by atoms with Gasteiger partial charge in [-0.05, 0) is 44.2 Å². The van der Waals surface area contributed by atoms with Crippen molar-refractivity contribution in [1.82, 2.24) is 0 Å². The molecule has 1 fully saturated rings. The van der Waals surface area contributed by atoms with Crippen LogP contribution in [-0.2, 0) is 14.3 Å². The minimum absolute atomic E-state index is 0.0476. The van der Waals surface area contributed by atoms with Crippen LogP contribution in [0.5, 0.6) is 5.75 Å². The van der Waals surface area contributed by atoms with Gasteiger partial charge in [0.05, 0.1) is 10.8 Å². The smallest absolute Gasteiger partial charge is 0.314 e. The summed E-state index contributed by atoms with van der Waals surface area (Å²) in [4.78, 5) is 34.5. The molecular weight excluding hydrogens is 386 g/mol. The average molecular weight is 420 g/mol. The van der Waals surface area contributed by atoms with Gasteiger partial charge in [-0.15, -0.1) is 0 Å². The number of unbranched alkanes of at least 4 members (excludes halogenated alkanes) is 6. The molecule has 0 atom stereocenters. The van der Waals surface area contributed by atoms with Crippen molar-refractivity contribution in [3.05, 3.63) is 34.4 Å². The zero-order chi connectivity index (χ0) is 21.8. The number of esters is 2. The van der Waals surface area contributed by atoms with Crippen LogP contribution < -0.4 is 4.74 Å². The normalized spacial score (nSPS) is 18.6. The number of carbonyl (C=O) groups excluding carboxylic acids is 2. The Bertz CT molecular complexity index is 679. The summed E-state index contributed by atoms with van der Waals surface area (Å²) in [5.41, 5.74) is -0.0476. The lowest BCUT2D eigenvalue weighted by Crippen LogP contribution is -2.30. The van der Waals surface area contributed by atoms with Gasteiger partial charge in [0.25, 0.3) is 5.69 Å². The van der Waals surface area contributed by atoms with Gasteiger partial charge in [-0.1, -0.05) is 45.4 Å². The van der Waals surface area contributed by atoms with Crippen molar-refractivity contribution < 1.29 is 24.0 Å². The summed E-state index contributed by atoms with van der Waals surface area (Å²) in [5.74, 6) is -0.413. The summed E-state index contributed by atoms with van der Waals surface area (Å²) in [6.45, 7) is 2.20. The molecule has 1 aliphatic carbocycles. The number of ether oxygens (including phenoxy) is 2. The van der Waals surface area contributed by atoms with Gasteiger partial charge in [0.1, 0.15) is 11.9 Å². The Morgan fingerprint density at radius 3 is 2.17 bits per heavy atom. The molecule has 0 spiro atoms. The van der Waals surface area contributed by atoms with E-state index in [0.717, 1.165) is 12.8 Å². The predicted octanol–water partition coefficient (Wildman–Crippen LogP) is 5.74. The van der Waals surface area contributed by atoms with Gasteiger partial charge in [-0.3, -0.25) is 19.7 Å². The van der Waals surface area contributed by atoms with Crippen LogP contribution in [0.1, 0.15) is 84.0 Å². The molecule has 1 saturated carbocycles. The van der Waals surface area contributed by atoms with E-state index in [9.17, 15) is 19.7 Å². The lowest BCUT2D eigenvalue weighted by atomic mass is 9.87. The molecular formula is C23H33NO6. The quantitative estimate of drug-likeness (QED) is 0.141. The van der Waals surface area contributed by atoms with Crippen LogP contribution in [0, 0.1) is 16.0 Å².